The third-order valence-electron chi connectivity index (χ3n) is 14.0. The number of rotatable bonds is 59. The Morgan fingerprint density at radius 3 is 0.797 bits per heavy atom. The molecule has 0 radical (unpaired) electrons. The molecule has 79 heavy (non-hydrogen) atoms. The first-order valence-corrected chi connectivity index (χ1v) is 33.0. The molecule has 0 N–H and O–H groups in total. The highest BCUT2D eigenvalue weighted by Crippen LogP contribution is 2.16. The number of unbranched alkanes of at least 4 members (excludes halogenated alkanes) is 28. The molecule has 0 saturated heterocycles. The zero-order valence-corrected chi connectivity index (χ0v) is 51.6. The first kappa shape index (κ1) is 74.8. The number of carbonyl (C=O) groups is 3. The van der Waals surface area contributed by atoms with Gasteiger partial charge in [-0.1, -0.05) is 290 Å². The zero-order chi connectivity index (χ0) is 57.1. The summed E-state index contributed by atoms with van der Waals surface area (Å²) < 4.78 is 16.8. The maximum Gasteiger partial charge on any atom is 0.306 e. The summed E-state index contributed by atoms with van der Waals surface area (Å²) in [6, 6.07) is 0. The molecule has 0 spiro atoms. The van der Waals surface area contributed by atoms with Gasteiger partial charge in [0.15, 0.2) is 6.10 Å². The first-order chi connectivity index (χ1) is 39.0. The van der Waals surface area contributed by atoms with Gasteiger partial charge in [0.2, 0.25) is 0 Å². The van der Waals surface area contributed by atoms with Crippen LogP contribution in [0, 0.1) is 0 Å². The fourth-order valence-corrected chi connectivity index (χ4v) is 9.02. The van der Waals surface area contributed by atoms with Gasteiger partial charge in [0.05, 0.1) is 0 Å². The van der Waals surface area contributed by atoms with Crippen LogP contribution < -0.4 is 0 Å². The number of hydrogen-bond acceptors (Lipinski definition) is 6. The van der Waals surface area contributed by atoms with E-state index >= 15 is 0 Å². The Labute approximate surface area is 488 Å². The molecule has 1 unspecified atom stereocenters. The van der Waals surface area contributed by atoms with E-state index in [2.05, 4.69) is 142 Å². The molecule has 0 rings (SSSR count). The third-order valence-corrected chi connectivity index (χ3v) is 14.0. The van der Waals surface area contributed by atoms with Crippen molar-refractivity contribution in [3.63, 3.8) is 0 Å². The summed E-state index contributed by atoms with van der Waals surface area (Å²) in [6.07, 6.45) is 92.3. The van der Waals surface area contributed by atoms with Crippen molar-refractivity contribution < 1.29 is 28.6 Å². The van der Waals surface area contributed by atoms with Gasteiger partial charge in [-0.2, -0.15) is 0 Å². The molecule has 0 aliphatic rings. The van der Waals surface area contributed by atoms with Crippen molar-refractivity contribution in [2.45, 2.75) is 309 Å². The molecule has 0 aliphatic carbocycles. The predicted octanol–water partition coefficient (Wildman–Crippen LogP) is 22.8. The summed E-state index contributed by atoms with van der Waals surface area (Å²) in [4.78, 5) is 38.1. The van der Waals surface area contributed by atoms with Gasteiger partial charge in [-0.05, 0) is 116 Å². The van der Waals surface area contributed by atoms with Crippen molar-refractivity contribution in [1.82, 2.24) is 0 Å². The molecule has 0 bridgehead atoms. The standard InChI is InChI=1S/C73H122O6/c1-4-7-10-13-16-18-20-22-24-26-28-29-30-31-32-33-34-35-36-37-38-39-40-41-42-43-45-46-48-50-52-54-57-60-63-66-72(75)78-69-70(68-77-71(74)65-62-59-56-15-12-9-6-3)79-73(76)67-64-61-58-55-53-51-49-47-44-27-25-23-21-19-17-14-11-8-5-2/h7,10,16-19,22-25,28-29,31-32,34-35,37-38,40-41,70H,4-6,8-9,11-15,20-21,26-27,30,33,36,39,42-69H2,1-3H3/b10-7-,18-16-,19-17-,24-22-,25-23-,29-28-,32-31-,35-34-,38-37-,41-40-. The lowest BCUT2D eigenvalue weighted by molar-refractivity contribution is -0.167. The van der Waals surface area contributed by atoms with Gasteiger partial charge in [-0.3, -0.25) is 14.4 Å². The van der Waals surface area contributed by atoms with E-state index in [-0.39, 0.29) is 31.1 Å². The Hall–Kier alpha value is -4.19. The van der Waals surface area contributed by atoms with Crippen LogP contribution in [0.15, 0.2) is 122 Å². The Bertz CT molecular complexity index is 1640. The van der Waals surface area contributed by atoms with Crippen molar-refractivity contribution in [2.75, 3.05) is 13.2 Å². The van der Waals surface area contributed by atoms with E-state index < -0.39 is 6.10 Å². The van der Waals surface area contributed by atoms with E-state index in [0.29, 0.717) is 19.3 Å². The average molecular weight is 1100 g/mol. The molecule has 0 aromatic heterocycles. The van der Waals surface area contributed by atoms with Gasteiger partial charge in [-0.15, -0.1) is 0 Å². The Morgan fingerprint density at radius 2 is 0.494 bits per heavy atom. The van der Waals surface area contributed by atoms with Crippen LogP contribution in [0.25, 0.3) is 0 Å². The fraction of sp³-hybridized carbons (Fsp3) is 0.685. The summed E-state index contributed by atoms with van der Waals surface area (Å²) in [5.74, 6) is -0.890. The van der Waals surface area contributed by atoms with E-state index in [0.717, 1.165) is 116 Å². The molecule has 0 aromatic carbocycles. The molecule has 450 valence electrons. The Kier molecular flexibility index (Phi) is 62.8. The van der Waals surface area contributed by atoms with E-state index in [4.69, 9.17) is 14.2 Å². The predicted molar refractivity (Wildman–Crippen MR) is 343 cm³/mol. The number of esters is 3. The van der Waals surface area contributed by atoms with Crippen LogP contribution in [-0.4, -0.2) is 37.2 Å². The lowest BCUT2D eigenvalue weighted by Crippen LogP contribution is -2.30. The Balaban J connectivity index is 4.11. The van der Waals surface area contributed by atoms with Crippen molar-refractivity contribution >= 4 is 17.9 Å². The lowest BCUT2D eigenvalue weighted by Gasteiger charge is -2.18. The Morgan fingerprint density at radius 1 is 0.266 bits per heavy atom. The number of carbonyl (C=O) groups excluding carboxylic acids is 3. The lowest BCUT2D eigenvalue weighted by atomic mass is 10.1. The molecule has 0 fully saturated rings. The van der Waals surface area contributed by atoms with E-state index in [1.165, 1.54) is 148 Å². The minimum absolute atomic E-state index is 0.0800. The summed E-state index contributed by atoms with van der Waals surface area (Å²) >= 11 is 0. The molecule has 1 atom stereocenters. The highest BCUT2D eigenvalue weighted by molar-refractivity contribution is 5.71. The van der Waals surface area contributed by atoms with Crippen molar-refractivity contribution in [1.29, 1.82) is 0 Å². The van der Waals surface area contributed by atoms with Gasteiger partial charge in [0, 0.05) is 19.3 Å². The molecule has 6 nitrogen and oxygen atoms in total. The smallest absolute Gasteiger partial charge is 0.306 e. The van der Waals surface area contributed by atoms with Gasteiger partial charge in [-0.25, -0.2) is 0 Å². The topological polar surface area (TPSA) is 78.9 Å². The van der Waals surface area contributed by atoms with Crippen molar-refractivity contribution in [3.05, 3.63) is 122 Å². The quantitative estimate of drug-likeness (QED) is 0.0261. The number of hydrogen-bond donors (Lipinski definition) is 0. The second-order valence-electron chi connectivity index (χ2n) is 21.6. The van der Waals surface area contributed by atoms with Crippen LogP contribution in [0.4, 0.5) is 0 Å². The summed E-state index contributed by atoms with van der Waals surface area (Å²) in [5.41, 5.74) is 0. The molecule has 0 aromatic rings. The van der Waals surface area contributed by atoms with E-state index in [9.17, 15) is 14.4 Å². The molecule has 0 saturated carbocycles. The first-order valence-electron chi connectivity index (χ1n) is 33.0. The van der Waals surface area contributed by atoms with Gasteiger partial charge in [0.25, 0.3) is 0 Å². The van der Waals surface area contributed by atoms with Crippen LogP contribution in [0.3, 0.4) is 0 Å². The molecule has 6 heteroatoms. The van der Waals surface area contributed by atoms with E-state index in [1.54, 1.807) is 0 Å². The zero-order valence-electron chi connectivity index (χ0n) is 51.6. The minimum atomic E-state index is -0.781. The van der Waals surface area contributed by atoms with Gasteiger partial charge >= 0.3 is 17.9 Å². The SMILES string of the molecule is CC/C=C\C/C=C\C/C=C\C/C=C\C/C=C\C/C=C\C/C=C\C/C=C\CCCCCCCCCCCCC(=O)OCC(COC(=O)CCCCCCCCC)OC(=O)CCCCCCCCCCC/C=C\C/C=C\CCCCC. The molecular formula is C73H122O6. The normalized spacial score (nSPS) is 12.9. The van der Waals surface area contributed by atoms with E-state index in [1.807, 2.05) is 0 Å². The van der Waals surface area contributed by atoms with Crippen LogP contribution in [0.5, 0.6) is 0 Å². The second kappa shape index (κ2) is 66.3. The maximum absolute atomic E-state index is 12.9. The van der Waals surface area contributed by atoms with Gasteiger partial charge < -0.3 is 14.2 Å². The van der Waals surface area contributed by atoms with Crippen LogP contribution >= 0.6 is 0 Å². The minimum Gasteiger partial charge on any atom is -0.462 e. The second-order valence-corrected chi connectivity index (χ2v) is 21.6. The highest BCUT2D eigenvalue weighted by Gasteiger charge is 2.19. The summed E-state index contributed by atoms with van der Waals surface area (Å²) in [6.45, 7) is 6.47. The molecule has 0 amide bonds. The van der Waals surface area contributed by atoms with Crippen LogP contribution in [0.1, 0.15) is 303 Å². The van der Waals surface area contributed by atoms with Gasteiger partial charge in [0.1, 0.15) is 13.2 Å². The largest absolute Gasteiger partial charge is 0.462 e. The molecule has 0 aliphatic heterocycles. The van der Waals surface area contributed by atoms with Crippen LogP contribution in [-0.2, 0) is 28.6 Å². The van der Waals surface area contributed by atoms with Crippen LogP contribution in [0.2, 0.25) is 0 Å². The molecular weight excluding hydrogens is 973 g/mol. The highest BCUT2D eigenvalue weighted by atomic mass is 16.6. The summed E-state index contributed by atoms with van der Waals surface area (Å²) in [5, 5.41) is 0. The third kappa shape index (κ3) is 64.5. The summed E-state index contributed by atoms with van der Waals surface area (Å²) in [7, 11) is 0. The number of allylic oxidation sites excluding steroid dienone is 20. The van der Waals surface area contributed by atoms with Crippen molar-refractivity contribution in [2.24, 2.45) is 0 Å². The monoisotopic (exact) mass is 1090 g/mol. The average Bonchev–Trinajstić information content (AvgIpc) is 3.45. The maximum atomic E-state index is 12.9. The van der Waals surface area contributed by atoms with Crippen molar-refractivity contribution in [3.8, 4) is 0 Å². The number of ether oxygens (including phenoxy) is 3. The molecule has 0 heterocycles. The fourth-order valence-electron chi connectivity index (χ4n) is 9.02.